The predicted octanol–water partition coefficient (Wildman–Crippen LogP) is 3.94. The zero-order valence-electron chi connectivity index (χ0n) is 14.1. The Bertz CT molecular complexity index is 923. The number of imide groups is 1. The van der Waals surface area contributed by atoms with Crippen molar-refractivity contribution in [3.63, 3.8) is 0 Å². The third kappa shape index (κ3) is 1.76. The van der Waals surface area contributed by atoms with Gasteiger partial charge in [0.2, 0.25) is 11.8 Å². The molecule has 5 rings (SSSR count). The van der Waals surface area contributed by atoms with E-state index in [1.165, 1.54) is 4.90 Å². The number of benzene rings is 2. The fourth-order valence-corrected chi connectivity index (χ4v) is 5.39. The number of nitrogens with zero attached hydrogens (tertiary/aromatic N) is 1. The number of amides is 2. The summed E-state index contributed by atoms with van der Waals surface area (Å²) in [6.45, 7) is 3.94. The van der Waals surface area contributed by atoms with Crippen LogP contribution in [0.15, 0.2) is 36.4 Å². The highest BCUT2D eigenvalue weighted by Gasteiger charge is 2.72. The van der Waals surface area contributed by atoms with E-state index >= 15 is 0 Å². The maximum atomic E-state index is 13.3. The Kier molecular flexibility index (Phi) is 2.84. The van der Waals surface area contributed by atoms with Crippen LogP contribution in [0.4, 0.5) is 5.69 Å². The van der Waals surface area contributed by atoms with E-state index in [1.54, 1.807) is 0 Å². The van der Waals surface area contributed by atoms with Crippen LogP contribution in [0.1, 0.15) is 26.7 Å². The molecule has 2 bridgehead atoms. The number of hydrogen-bond donors (Lipinski definition) is 0. The van der Waals surface area contributed by atoms with Gasteiger partial charge in [0.1, 0.15) is 0 Å². The number of carbonyl (C=O) groups excluding carboxylic acids is 2. The van der Waals surface area contributed by atoms with E-state index in [1.807, 2.05) is 50.2 Å². The second-order valence-electron chi connectivity index (χ2n) is 7.81. The summed E-state index contributed by atoms with van der Waals surface area (Å²) in [6, 6.07) is 11.1. The molecule has 2 aromatic carbocycles. The molecule has 4 unspecified atom stereocenters. The monoisotopic (exact) mass is 355 g/mol. The maximum absolute atomic E-state index is 13.3. The van der Waals surface area contributed by atoms with E-state index in [9.17, 15) is 9.59 Å². The highest BCUT2D eigenvalue weighted by Crippen LogP contribution is 2.61. The van der Waals surface area contributed by atoms with Crippen molar-refractivity contribution < 1.29 is 14.3 Å². The van der Waals surface area contributed by atoms with Crippen molar-refractivity contribution in [3.8, 4) is 0 Å². The summed E-state index contributed by atoms with van der Waals surface area (Å²) in [5, 5.41) is 2.28. The smallest absolute Gasteiger partial charge is 0.240 e. The lowest BCUT2D eigenvalue weighted by Gasteiger charge is -2.27. The molecule has 2 aromatic rings. The van der Waals surface area contributed by atoms with Crippen molar-refractivity contribution in [1.29, 1.82) is 0 Å². The topological polar surface area (TPSA) is 46.6 Å². The molecular weight excluding hydrogens is 338 g/mol. The number of anilines is 1. The molecule has 0 N–H and O–H groups in total. The summed E-state index contributed by atoms with van der Waals surface area (Å²) in [7, 11) is 0. The van der Waals surface area contributed by atoms with Gasteiger partial charge in [0.25, 0.3) is 0 Å². The SMILES string of the molecule is CC12CCC(C)(O1)C1C(=O)N(c3cccc4c(Cl)cccc34)C(=O)C12. The van der Waals surface area contributed by atoms with Gasteiger partial charge >= 0.3 is 0 Å². The van der Waals surface area contributed by atoms with Gasteiger partial charge in [-0.3, -0.25) is 9.59 Å². The minimum atomic E-state index is -0.539. The lowest BCUT2D eigenvalue weighted by molar-refractivity contribution is -0.129. The molecule has 0 radical (unpaired) electrons. The van der Waals surface area contributed by atoms with E-state index in [-0.39, 0.29) is 11.8 Å². The maximum Gasteiger partial charge on any atom is 0.240 e. The molecule has 3 heterocycles. The Morgan fingerprint density at radius 1 is 0.960 bits per heavy atom. The zero-order chi connectivity index (χ0) is 17.6. The zero-order valence-corrected chi connectivity index (χ0v) is 14.8. The summed E-state index contributed by atoms with van der Waals surface area (Å²) < 4.78 is 6.16. The fourth-order valence-electron chi connectivity index (χ4n) is 5.16. The Labute approximate surface area is 150 Å². The number of carbonyl (C=O) groups is 2. The summed E-state index contributed by atoms with van der Waals surface area (Å²) in [5.74, 6) is -1.08. The summed E-state index contributed by atoms with van der Waals surface area (Å²) in [5.41, 5.74) is -0.456. The van der Waals surface area contributed by atoms with Crippen LogP contribution in [0.3, 0.4) is 0 Å². The van der Waals surface area contributed by atoms with Crippen molar-refractivity contribution in [3.05, 3.63) is 41.4 Å². The Morgan fingerprint density at radius 3 is 2.16 bits per heavy atom. The third-order valence-corrected chi connectivity index (χ3v) is 6.62. The van der Waals surface area contributed by atoms with E-state index in [2.05, 4.69) is 0 Å². The Morgan fingerprint density at radius 2 is 1.52 bits per heavy atom. The number of hydrogen-bond acceptors (Lipinski definition) is 3. The minimum Gasteiger partial charge on any atom is -0.367 e. The van der Waals surface area contributed by atoms with Crippen LogP contribution >= 0.6 is 11.6 Å². The number of rotatable bonds is 1. The molecule has 3 aliphatic heterocycles. The van der Waals surface area contributed by atoms with Gasteiger partial charge in [-0.15, -0.1) is 0 Å². The van der Waals surface area contributed by atoms with Gasteiger partial charge < -0.3 is 4.74 Å². The molecular formula is C20H18ClNO3. The second-order valence-corrected chi connectivity index (χ2v) is 8.21. The molecule has 25 heavy (non-hydrogen) atoms. The summed E-state index contributed by atoms with van der Waals surface area (Å²) in [4.78, 5) is 27.9. The number of fused-ring (bicyclic) bond motifs is 6. The number of ether oxygens (including phenoxy) is 1. The van der Waals surface area contributed by atoms with E-state index in [0.717, 1.165) is 23.6 Å². The largest absolute Gasteiger partial charge is 0.367 e. The van der Waals surface area contributed by atoms with Crippen LogP contribution < -0.4 is 4.90 Å². The molecule has 0 saturated carbocycles. The van der Waals surface area contributed by atoms with Gasteiger partial charge in [-0.25, -0.2) is 4.90 Å². The molecule has 4 nitrogen and oxygen atoms in total. The normalized spacial score (nSPS) is 36.5. The molecule has 3 saturated heterocycles. The van der Waals surface area contributed by atoms with Gasteiger partial charge in [-0.05, 0) is 38.8 Å². The first-order valence-corrected chi connectivity index (χ1v) is 8.99. The molecule has 0 aliphatic carbocycles. The van der Waals surface area contributed by atoms with E-state index in [0.29, 0.717) is 10.7 Å². The fraction of sp³-hybridized carbons (Fsp3) is 0.400. The van der Waals surface area contributed by atoms with Crippen molar-refractivity contribution in [2.24, 2.45) is 11.8 Å². The predicted molar refractivity (Wildman–Crippen MR) is 95.6 cm³/mol. The lowest BCUT2D eigenvalue weighted by Crippen LogP contribution is -2.40. The standard InChI is InChI=1S/C20H18ClNO3/c1-19-9-10-20(2,25-19)16-15(19)17(23)22(18(16)24)14-8-4-5-11-12(14)6-3-7-13(11)21/h3-8,15-16H,9-10H2,1-2H3. The third-order valence-electron chi connectivity index (χ3n) is 6.29. The van der Waals surface area contributed by atoms with Crippen LogP contribution in [-0.2, 0) is 14.3 Å². The van der Waals surface area contributed by atoms with Gasteiger partial charge in [0.15, 0.2) is 0 Å². The molecule has 4 atom stereocenters. The molecule has 2 amide bonds. The first-order valence-electron chi connectivity index (χ1n) is 8.61. The van der Waals surface area contributed by atoms with E-state index in [4.69, 9.17) is 16.3 Å². The molecule has 3 fully saturated rings. The minimum absolute atomic E-state index is 0.145. The number of halogens is 1. The first kappa shape index (κ1) is 15.4. The highest BCUT2D eigenvalue weighted by molar-refractivity contribution is 6.36. The quantitative estimate of drug-likeness (QED) is 0.728. The van der Waals surface area contributed by atoms with Gasteiger partial charge in [0, 0.05) is 15.8 Å². The molecule has 128 valence electrons. The molecule has 0 spiro atoms. The molecule has 5 heteroatoms. The van der Waals surface area contributed by atoms with Crippen LogP contribution in [0.2, 0.25) is 5.02 Å². The Hall–Kier alpha value is -1.91. The molecule has 0 aromatic heterocycles. The van der Waals surface area contributed by atoms with Gasteiger partial charge in [-0.2, -0.15) is 0 Å². The molecule has 3 aliphatic rings. The van der Waals surface area contributed by atoms with Crippen molar-refractivity contribution in [2.45, 2.75) is 37.9 Å². The Balaban J connectivity index is 1.69. The first-order chi connectivity index (χ1) is 11.9. The van der Waals surface area contributed by atoms with Crippen LogP contribution in [-0.4, -0.2) is 23.0 Å². The average molecular weight is 356 g/mol. The van der Waals surface area contributed by atoms with Crippen LogP contribution in [0.25, 0.3) is 10.8 Å². The van der Waals surface area contributed by atoms with Gasteiger partial charge in [0.05, 0.1) is 28.7 Å². The highest BCUT2D eigenvalue weighted by atomic mass is 35.5. The van der Waals surface area contributed by atoms with Gasteiger partial charge in [-0.1, -0.05) is 35.9 Å². The second kappa shape index (κ2) is 4.63. The van der Waals surface area contributed by atoms with Crippen molar-refractivity contribution in [2.75, 3.05) is 4.90 Å². The summed E-state index contributed by atoms with van der Waals surface area (Å²) in [6.07, 6.45) is 1.64. The lowest BCUT2D eigenvalue weighted by atomic mass is 9.69. The average Bonchev–Trinajstić information content (AvgIpc) is 3.12. The summed E-state index contributed by atoms with van der Waals surface area (Å²) >= 11 is 6.30. The van der Waals surface area contributed by atoms with Crippen molar-refractivity contribution in [1.82, 2.24) is 0 Å². The van der Waals surface area contributed by atoms with E-state index < -0.39 is 23.0 Å². The van der Waals surface area contributed by atoms with Crippen molar-refractivity contribution >= 4 is 39.9 Å². The van der Waals surface area contributed by atoms with Crippen LogP contribution in [0.5, 0.6) is 0 Å². The van der Waals surface area contributed by atoms with Crippen LogP contribution in [0, 0.1) is 11.8 Å².